The summed E-state index contributed by atoms with van der Waals surface area (Å²) in [7, 11) is 0. The first-order valence-electron chi connectivity index (χ1n) is 10.00. The molecule has 0 spiro atoms. The molecule has 0 aliphatic carbocycles. The Morgan fingerprint density at radius 2 is 1.86 bits per heavy atom. The van der Waals surface area contributed by atoms with Gasteiger partial charge in [-0.25, -0.2) is 0 Å². The van der Waals surface area contributed by atoms with Gasteiger partial charge in [-0.2, -0.15) is 0 Å². The van der Waals surface area contributed by atoms with Crippen LogP contribution in [-0.2, 0) is 0 Å². The molecule has 2 heterocycles. The first-order chi connectivity index (χ1) is 13.5. The number of benzene rings is 2. The summed E-state index contributed by atoms with van der Waals surface area (Å²) in [6.45, 7) is 8.18. The third-order valence-corrected chi connectivity index (χ3v) is 5.60. The molecule has 1 atom stereocenters. The van der Waals surface area contributed by atoms with E-state index in [1.807, 2.05) is 43.0 Å². The zero-order chi connectivity index (χ0) is 19.7. The number of likely N-dealkylation sites (tertiary alicyclic amines) is 1. The van der Waals surface area contributed by atoms with Crippen molar-refractivity contribution in [3.05, 3.63) is 64.9 Å². The Morgan fingerprint density at radius 1 is 1.11 bits per heavy atom. The minimum absolute atomic E-state index is 0.00797. The zero-order valence-corrected chi connectivity index (χ0v) is 16.8. The summed E-state index contributed by atoms with van der Waals surface area (Å²) >= 11 is 0. The highest BCUT2D eigenvalue weighted by Gasteiger charge is 2.28. The van der Waals surface area contributed by atoms with Crippen LogP contribution < -0.4 is 4.74 Å². The first kappa shape index (κ1) is 18.6. The average Bonchev–Trinajstić information content (AvgIpc) is 3.03. The van der Waals surface area contributed by atoms with Crippen LogP contribution in [0.1, 0.15) is 40.1 Å². The number of carbonyl (C=O) groups is 1. The summed E-state index contributed by atoms with van der Waals surface area (Å²) in [5, 5.41) is 1.02. The number of carbonyl (C=O) groups excluding carboxylic acids is 1. The molecular formula is C24H27NO3. The molecule has 1 fully saturated rings. The largest absolute Gasteiger partial charge is 0.493 e. The van der Waals surface area contributed by atoms with Crippen LogP contribution in [0.25, 0.3) is 11.0 Å². The van der Waals surface area contributed by atoms with Crippen LogP contribution in [-0.4, -0.2) is 30.5 Å². The molecule has 146 valence electrons. The number of hydrogen-bond acceptors (Lipinski definition) is 3. The van der Waals surface area contributed by atoms with Gasteiger partial charge in [0.15, 0.2) is 5.76 Å². The molecule has 4 nitrogen and oxygen atoms in total. The molecule has 1 amide bonds. The van der Waals surface area contributed by atoms with Gasteiger partial charge in [0.25, 0.3) is 5.91 Å². The van der Waals surface area contributed by atoms with E-state index in [1.54, 1.807) is 0 Å². The minimum Gasteiger partial charge on any atom is -0.493 e. The van der Waals surface area contributed by atoms with Gasteiger partial charge in [-0.15, -0.1) is 0 Å². The number of piperidine rings is 1. The molecule has 1 aromatic heterocycles. The second kappa shape index (κ2) is 7.70. The van der Waals surface area contributed by atoms with Gasteiger partial charge >= 0.3 is 0 Å². The van der Waals surface area contributed by atoms with E-state index in [0.717, 1.165) is 47.2 Å². The smallest absolute Gasteiger partial charge is 0.289 e. The van der Waals surface area contributed by atoms with E-state index in [1.165, 1.54) is 5.56 Å². The Balaban J connectivity index is 1.44. The third kappa shape index (κ3) is 3.77. The third-order valence-electron chi connectivity index (χ3n) is 5.60. The van der Waals surface area contributed by atoms with Crippen molar-refractivity contribution >= 4 is 16.9 Å². The Kier molecular flexibility index (Phi) is 5.12. The molecule has 0 saturated carbocycles. The number of aryl methyl sites for hydroxylation is 3. The maximum absolute atomic E-state index is 13.1. The van der Waals surface area contributed by atoms with Crippen molar-refractivity contribution in [1.82, 2.24) is 4.90 Å². The van der Waals surface area contributed by atoms with Crippen molar-refractivity contribution in [2.45, 2.75) is 33.6 Å². The molecule has 1 aliphatic rings. The predicted molar refractivity (Wildman–Crippen MR) is 111 cm³/mol. The molecule has 4 rings (SSSR count). The van der Waals surface area contributed by atoms with Gasteiger partial charge in [0, 0.05) is 30.0 Å². The number of nitrogens with zero attached hydrogens (tertiary/aromatic N) is 1. The van der Waals surface area contributed by atoms with Gasteiger partial charge in [-0.05, 0) is 57.4 Å². The number of fused-ring (bicyclic) bond motifs is 1. The van der Waals surface area contributed by atoms with E-state index >= 15 is 0 Å². The summed E-state index contributed by atoms with van der Waals surface area (Å²) < 4.78 is 11.9. The van der Waals surface area contributed by atoms with Crippen LogP contribution in [0.15, 0.2) is 46.9 Å². The number of hydrogen-bond donors (Lipinski definition) is 0. The van der Waals surface area contributed by atoms with Gasteiger partial charge < -0.3 is 14.1 Å². The fraction of sp³-hybridized carbons (Fsp3) is 0.375. The van der Waals surface area contributed by atoms with Crippen molar-refractivity contribution in [1.29, 1.82) is 0 Å². The summed E-state index contributed by atoms with van der Waals surface area (Å²) in [6.07, 6.45) is 2.07. The number of furan rings is 1. The Labute approximate surface area is 166 Å². The lowest BCUT2D eigenvalue weighted by atomic mass is 9.98. The van der Waals surface area contributed by atoms with E-state index in [0.29, 0.717) is 24.8 Å². The maximum Gasteiger partial charge on any atom is 0.289 e. The van der Waals surface area contributed by atoms with E-state index in [4.69, 9.17) is 9.15 Å². The second-order valence-electron chi connectivity index (χ2n) is 7.94. The first-order valence-corrected chi connectivity index (χ1v) is 10.00. The highest BCUT2D eigenvalue weighted by atomic mass is 16.5. The summed E-state index contributed by atoms with van der Waals surface area (Å²) in [4.78, 5) is 15.0. The van der Waals surface area contributed by atoms with Crippen LogP contribution in [0.5, 0.6) is 5.75 Å². The Bertz CT molecular complexity index is 987. The van der Waals surface area contributed by atoms with Crippen molar-refractivity contribution in [3.63, 3.8) is 0 Å². The van der Waals surface area contributed by atoms with Gasteiger partial charge in [0.05, 0.1) is 6.61 Å². The predicted octanol–water partition coefficient (Wildman–Crippen LogP) is 5.29. The second-order valence-corrected chi connectivity index (χ2v) is 7.94. The van der Waals surface area contributed by atoms with Gasteiger partial charge in [-0.1, -0.05) is 29.8 Å². The lowest BCUT2D eigenvalue weighted by Crippen LogP contribution is -2.41. The summed E-state index contributed by atoms with van der Waals surface area (Å²) in [6, 6.07) is 14.2. The zero-order valence-electron chi connectivity index (χ0n) is 16.8. The van der Waals surface area contributed by atoms with E-state index in [2.05, 4.69) is 25.1 Å². The highest BCUT2D eigenvalue weighted by Crippen LogP contribution is 2.28. The monoisotopic (exact) mass is 377 g/mol. The molecule has 28 heavy (non-hydrogen) atoms. The number of rotatable bonds is 4. The quantitative estimate of drug-likeness (QED) is 0.620. The normalized spacial score (nSPS) is 17.1. The highest BCUT2D eigenvalue weighted by molar-refractivity contribution is 5.99. The van der Waals surface area contributed by atoms with Gasteiger partial charge in [0.1, 0.15) is 11.3 Å². The van der Waals surface area contributed by atoms with Crippen LogP contribution >= 0.6 is 0 Å². The van der Waals surface area contributed by atoms with E-state index < -0.39 is 0 Å². The average molecular weight is 377 g/mol. The van der Waals surface area contributed by atoms with Crippen molar-refractivity contribution in [2.24, 2.45) is 5.92 Å². The van der Waals surface area contributed by atoms with Crippen LogP contribution in [0.3, 0.4) is 0 Å². The van der Waals surface area contributed by atoms with E-state index in [9.17, 15) is 4.79 Å². The van der Waals surface area contributed by atoms with Crippen molar-refractivity contribution < 1.29 is 13.9 Å². The molecule has 4 heteroatoms. The van der Waals surface area contributed by atoms with Crippen LogP contribution in [0.2, 0.25) is 0 Å². The molecule has 3 aromatic rings. The van der Waals surface area contributed by atoms with Crippen molar-refractivity contribution in [3.8, 4) is 5.75 Å². The molecule has 1 aliphatic heterocycles. The fourth-order valence-electron chi connectivity index (χ4n) is 3.91. The number of amides is 1. The van der Waals surface area contributed by atoms with Gasteiger partial charge in [-0.3, -0.25) is 4.79 Å². The Hall–Kier alpha value is -2.75. The standard InChI is InChI=1S/C24H27NO3/c1-16-6-9-20(10-7-16)27-15-19-5-4-12-25(14-19)24(26)23-18(3)21-11-8-17(2)13-22(21)28-23/h6-11,13,19H,4-5,12,14-15H2,1-3H3/t19-/m1/s1. The van der Waals surface area contributed by atoms with Gasteiger partial charge in [0.2, 0.25) is 0 Å². The molecule has 2 aromatic carbocycles. The van der Waals surface area contributed by atoms with Crippen LogP contribution in [0.4, 0.5) is 0 Å². The molecule has 0 radical (unpaired) electrons. The topological polar surface area (TPSA) is 42.7 Å². The summed E-state index contributed by atoms with van der Waals surface area (Å²) in [5.41, 5.74) is 4.07. The van der Waals surface area contributed by atoms with Crippen LogP contribution in [0, 0.1) is 26.7 Å². The van der Waals surface area contributed by atoms with E-state index in [-0.39, 0.29) is 5.91 Å². The van der Waals surface area contributed by atoms with Crippen molar-refractivity contribution in [2.75, 3.05) is 19.7 Å². The number of ether oxygens (including phenoxy) is 1. The Morgan fingerprint density at radius 3 is 2.64 bits per heavy atom. The fourth-order valence-corrected chi connectivity index (χ4v) is 3.91. The molecular weight excluding hydrogens is 350 g/mol. The minimum atomic E-state index is -0.00797. The molecule has 0 unspecified atom stereocenters. The lowest BCUT2D eigenvalue weighted by Gasteiger charge is -2.32. The lowest BCUT2D eigenvalue weighted by molar-refractivity contribution is 0.0603. The maximum atomic E-state index is 13.1. The molecule has 0 N–H and O–H groups in total. The molecule has 0 bridgehead atoms. The molecule has 1 saturated heterocycles. The SMILES string of the molecule is Cc1ccc(OC[C@@H]2CCCN(C(=O)c3oc4cc(C)ccc4c3C)C2)cc1. The summed E-state index contributed by atoms with van der Waals surface area (Å²) in [5.74, 6) is 1.69.